The summed E-state index contributed by atoms with van der Waals surface area (Å²) < 4.78 is 5.46. The average Bonchev–Trinajstić information content (AvgIpc) is 2.93. The maximum atomic E-state index is 12.3. The number of halogens is 1. The molecule has 0 saturated carbocycles. The molecule has 1 N–H and O–H groups in total. The largest absolute Gasteiger partial charge is 0.444 e. The molecule has 3 rings (SSSR count). The molecule has 2 aliphatic rings. The highest BCUT2D eigenvalue weighted by atomic mass is 79.9. The summed E-state index contributed by atoms with van der Waals surface area (Å²) in [6, 6.07) is 8.21. The first-order chi connectivity index (χ1) is 12.7. The van der Waals surface area contributed by atoms with Gasteiger partial charge in [-0.1, -0.05) is 28.1 Å². The third-order valence-corrected chi connectivity index (χ3v) is 5.39. The molecule has 2 fully saturated rings. The molecule has 2 aliphatic heterocycles. The van der Waals surface area contributed by atoms with Crippen LogP contribution in [0.2, 0.25) is 0 Å². The first-order valence-corrected chi connectivity index (χ1v) is 10.4. The molecular formula is C20H28BrN3O3. The molecule has 6 nitrogen and oxygen atoms in total. The van der Waals surface area contributed by atoms with Gasteiger partial charge in [0.2, 0.25) is 5.91 Å². The number of hydrogen-bond acceptors (Lipinski definition) is 4. The monoisotopic (exact) mass is 437 g/mol. The summed E-state index contributed by atoms with van der Waals surface area (Å²) in [7, 11) is 0. The summed E-state index contributed by atoms with van der Waals surface area (Å²) in [5.74, 6) is 0.144. The lowest BCUT2D eigenvalue weighted by molar-refractivity contribution is -0.117. The molecule has 2 heterocycles. The van der Waals surface area contributed by atoms with Gasteiger partial charge in [-0.15, -0.1) is 0 Å². The third kappa shape index (κ3) is 5.15. The minimum absolute atomic E-state index is 0.144. The topological polar surface area (TPSA) is 61.9 Å². The van der Waals surface area contributed by atoms with Crippen molar-refractivity contribution < 1.29 is 14.3 Å². The summed E-state index contributed by atoms with van der Waals surface area (Å²) in [6.07, 6.45) is 1.99. The predicted octanol–water partition coefficient (Wildman–Crippen LogP) is 4.00. The molecule has 2 amide bonds. The van der Waals surface area contributed by atoms with Gasteiger partial charge in [-0.3, -0.25) is 4.79 Å². The van der Waals surface area contributed by atoms with Crippen molar-refractivity contribution >= 4 is 39.3 Å². The number of alkyl halides is 1. The van der Waals surface area contributed by atoms with Crippen LogP contribution in [0.5, 0.6) is 0 Å². The molecule has 2 saturated heterocycles. The summed E-state index contributed by atoms with van der Waals surface area (Å²) in [6.45, 7) is 7.67. The lowest BCUT2D eigenvalue weighted by atomic mass is 10.0. The number of benzene rings is 1. The molecule has 0 radical (unpaired) electrons. The van der Waals surface area contributed by atoms with Gasteiger partial charge < -0.3 is 19.9 Å². The Labute approximate surface area is 169 Å². The highest BCUT2D eigenvalue weighted by Gasteiger charge is 2.31. The number of nitrogens with one attached hydrogen (secondary N) is 1. The fraction of sp³-hybridized carbons (Fsp3) is 0.600. The van der Waals surface area contributed by atoms with E-state index < -0.39 is 5.60 Å². The lowest BCUT2D eigenvalue weighted by Crippen LogP contribution is -2.44. The van der Waals surface area contributed by atoms with Crippen molar-refractivity contribution in [1.29, 1.82) is 0 Å². The maximum absolute atomic E-state index is 12.3. The summed E-state index contributed by atoms with van der Waals surface area (Å²) in [4.78, 5) is 28.3. The number of piperidine rings is 1. The van der Waals surface area contributed by atoms with Gasteiger partial charge in [0.15, 0.2) is 0 Å². The molecule has 1 aromatic carbocycles. The number of nitrogens with zero attached hydrogens (tertiary/aromatic N) is 2. The molecule has 0 spiro atoms. The Bertz CT molecular complexity index is 696. The second kappa shape index (κ2) is 8.09. The summed E-state index contributed by atoms with van der Waals surface area (Å²) in [5, 5.41) is 3.58. The second-order valence-corrected chi connectivity index (χ2v) is 9.50. The minimum Gasteiger partial charge on any atom is -0.444 e. The Morgan fingerprint density at radius 2 is 1.89 bits per heavy atom. The Kier molecular flexibility index (Phi) is 5.99. The SMILES string of the molecule is CC(C)(C)OC(=O)N1CCC(Nc2ccccc2N2CC(Br)CC2=O)CC1. The molecule has 1 atom stereocenters. The average molecular weight is 438 g/mol. The van der Waals surface area contributed by atoms with Gasteiger partial charge in [-0.2, -0.15) is 0 Å². The number of anilines is 2. The van der Waals surface area contributed by atoms with Gasteiger partial charge in [0.25, 0.3) is 0 Å². The van der Waals surface area contributed by atoms with E-state index in [0.717, 1.165) is 24.2 Å². The fourth-order valence-corrected chi connectivity index (χ4v) is 4.05. The van der Waals surface area contributed by atoms with Crippen molar-refractivity contribution in [2.24, 2.45) is 0 Å². The molecule has 1 unspecified atom stereocenters. The zero-order valence-electron chi connectivity index (χ0n) is 16.2. The molecular weight excluding hydrogens is 410 g/mol. The molecule has 0 aliphatic carbocycles. The lowest BCUT2D eigenvalue weighted by Gasteiger charge is -2.34. The van der Waals surface area contributed by atoms with Gasteiger partial charge in [-0.05, 0) is 45.7 Å². The van der Waals surface area contributed by atoms with Crippen LogP contribution in [-0.4, -0.2) is 53.0 Å². The van der Waals surface area contributed by atoms with Gasteiger partial charge in [0.1, 0.15) is 5.60 Å². The van der Waals surface area contributed by atoms with E-state index >= 15 is 0 Å². The zero-order chi connectivity index (χ0) is 19.6. The fourth-order valence-electron chi connectivity index (χ4n) is 3.48. The number of amides is 2. The minimum atomic E-state index is -0.472. The quantitative estimate of drug-likeness (QED) is 0.725. The first-order valence-electron chi connectivity index (χ1n) is 9.51. The van der Waals surface area contributed by atoms with Gasteiger partial charge in [0.05, 0.1) is 11.4 Å². The Hall–Kier alpha value is -1.76. The first kappa shape index (κ1) is 20.0. The van der Waals surface area contributed by atoms with E-state index in [0.29, 0.717) is 26.1 Å². The third-order valence-electron chi connectivity index (χ3n) is 4.78. The second-order valence-electron chi connectivity index (χ2n) is 8.21. The van der Waals surface area contributed by atoms with Crippen molar-refractivity contribution in [2.45, 2.75) is 56.5 Å². The summed E-state index contributed by atoms with van der Waals surface area (Å²) in [5.41, 5.74) is 1.43. The van der Waals surface area contributed by atoms with Crippen LogP contribution in [-0.2, 0) is 9.53 Å². The normalized spacial score (nSPS) is 21.5. The standard InChI is InChI=1S/C20H28BrN3O3/c1-20(2,3)27-19(26)23-10-8-15(9-11-23)22-16-6-4-5-7-17(16)24-13-14(21)12-18(24)25/h4-7,14-15,22H,8-13H2,1-3H3. The van der Waals surface area contributed by atoms with Crippen molar-refractivity contribution in [3.63, 3.8) is 0 Å². The van der Waals surface area contributed by atoms with Crippen LogP contribution in [0.3, 0.4) is 0 Å². The number of hydrogen-bond donors (Lipinski definition) is 1. The number of ether oxygens (including phenoxy) is 1. The van der Waals surface area contributed by atoms with E-state index in [1.54, 1.807) is 4.90 Å². The Morgan fingerprint density at radius 3 is 2.48 bits per heavy atom. The van der Waals surface area contributed by atoms with Crippen molar-refractivity contribution in [3.8, 4) is 0 Å². The van der Waals surface area contributed by atoms with Crippen LogP contribution in [0.25, 0.3) is 0 Å². The van der Waals surface area contributed by atoms with Crippen LogP contribution >= 0.6 is 15.9 Å². The number of likely N-dealkylation sites (tertiary alicyclic amines) is 1. The number of rotatable bonds is 3. The highest BCUT2D eigenvalue weighted by Crippen LogP contribution is 2.32. The number of para-hydroxylation sites is 2. The van der Waals surface area contributed by atoms with Gasteiger partial charge in [-0.25, -0.2) is 4.79 Å². The van der Waals surface area contributed by atoms with Crippen LogP contribution in [0.1, 0.15) is 40.0 Å². The molecule has 0 bridgehead atoms. The number of carbonyl (C=O) groups excluding carboxylic acids is 2. The smallest absolute Gasteiger partial charge is 0.410 e. The van der Waals surface area contributed by atoms with E-state index in [1.165, 1.54) is 0 Å². The maximum Gasteiger partial charge on any atom is 0.410 e. The van der Waals surface area contributed by atoms with Gasteiger partial charge >= 0.3 is 6.09 Å². The predicted molar refractivity (Wildman–Crippen MR) is 111 cm³/mol. The molecule has 148 valence electrons. The van der Waals surface area contributed by atoms with E-state index in [9.17, 15) is 9.59 Å². The molecule has 1 aromatic rings. The van der Waals surface area contributed by atoms with Crippen LogP contribution in [0.4, 0.5) is 16.2 Å². The molecule has 7 heteroatoms. The highest BCUT2D eigenvalue weighted by molar-refractivity contribution is 9.09. The molecule has 0 aromatic heterocycles. The summed E-state index contributed by atoms with van der Waals surface area (Å²) >= 11 is 3.55. The van der Waals surface area contributed by atoms with Crippen molar-refractivity contribution in [3.05, 3.63) is 24.3 Å². The van der Waals surface area contributed by atoms with Crippen LogP contribution in [0.15, 0.2) is 24.3 Å². The van der Waals surface area contributed by atoms with E-state index in [-0.39, 0.29) is 22.9 Å². The van der Waals surface area contributed by atoms with E-state index in [1.807, 2.05) is 49.9 Å². The Balaban J connectivity index is 1.60. The Morgan fingerprint density at radius 1 is 1.22 bits per heavy atom. The zero-order valence-corrected chi connectivity index (χ0v) is 17.8. The van der Waals surface area contributed by atoms with Crippen molar-refractivity contribution in [1.82, 2.24) is 4.90 Å². The van der Waals surface area contributed by atoms with Gasteiger partial charge in [0, 0.05) is 36.9 Å². The van der Waals surface area contributed by atoms with E-state index in [2.05, 4.69) is 21.2 Å². The van der Waals surface area contributed by atoms with E-state index in [4.69, 9.17) is 4.74 Å². The number of carbonyl (C=O) groups is 2. The molecule has 27 heavy (non-hydrogen) atoms. The van der Waals surface area contributed by atoms with Crippen molar-refractivity contribution in [2.75, 3.05) is 29.9 Å². The van der Waals surface area contributed by atoms with Crippen LogP contribution in [0, 0.1) is 0 Å². The van der Waals surface area contributed by atoms with Crippen LogP contribution < -0.4 is 10.2 Å².